The third-order valence-electron chi connectivity index (χ3n) is 7.46. The Balaban J connectivity index is 1.17. The largest absolute Gasteiger partial charge is 0.378 e. The van der Waals surface area contributed by atoms with Gasteiger partial charge in [-0.1, -0.05) is 0 Å². The molecule has 11 nitrogen and oxygen atoms in total. The number of ether oxygens (including phenoxy) is 1. The number of hydrogen-bond donors (Lipinski definition) is 2. The van der Waals surface area contributed by atoms with E-state index in [0.717, 1.165) is 53.6 Å². The molecule has 4 aromatic rings. The third-order valence-corrected chi connectivity index (χ3v) is 8.62. The van der Waals surface area contributed by atoms with E-state index in [1.54, 1.807) is 23.0 Å². The van der Waals surface area contributed by atoms with Gasteiger partial charge in [-0.3, -0.25) is 19.5 Å². The van der Waals surface area contributed by atoms with Gasteiger partial charge in [0.05, 0.1) is 59.7 Å². The summed E-state index contributed by atoms with van der Waals surface area (Å²) in [5.74, 6) is 0.537. The molecule has 6 rings (SSSR count). The van der Waals surface area contributed by atoms with Crippen molar-refractivity contribution >= 4 is 45.2 Å². The molecule has 0 saturated carbocycles. The van der Waals surface area contributed by atoms with Gasteiger partial charge in [0, 0.05) is 31.5 Å². The highest BCUT2D eigenvalue weighted by atomic mass is 32.1. The van der Waals surface area contributed by atoms with Crippen molar-refractivity contribution < 1.29 is 14.3 Å². The number of amides is 2. The van der Waals surface area contributed by atoms with E-state index in [-0.39, 0.29) is 11.8 Å². The van der Waals surface area contributed by atoms with E-state index in [1.165, 1.54) is 11.3 Å². The van der Waals surface area contributed by atoms with Crippen molar-refractivity contribution in [3.05, 3.63) is 54.2 Å². The second-order valence-corrected chi connectivity index (χ2v) is 11.3. The molecule has 4 aromatic heterocycles. The zero-order valence-corrected chi connectivity index (χ0v) is 23.4. The van der Waals surface area contributed by atoms with Crippen LogP contribution in [0.1, 0.15) is 35.8 Å². The number of likely N-dealkylation sites (tertiary alicyclic amines) is 1. The zero-order chi connectivity index (χ0) is 27.6. The summed E-state index contributed by atoms with van der Waals surface area (Å²) >= 11 is 1.50. The summed E-state index contributed by atoms with van der Waals surface area (Å²) in [7, 11) is 0. The van der Waals surface area contributed by atoms with Gasteiger partial charge >= 0.3 is 0 Å². The van der Waals surface area contributed by atoms with Gasteiger partial charge in [0.2, 0.25) is 5.91 Å². The number of carbonyl (C=O) groups excluding carboxylic acids is 2. The monoisotopic (exact) mass is 560 g/mol. The van der Waals surface area contributed by atoms with Crippen LogP contribution in [0.3, 0.4) is 0 Å². The molecule has 0 spiro atoms. The Labute approximate surface area is 236 Å². The lowest BCUT2D eigenvalue weighted by atomic mass is 10.2. The molecule has 208 valence electrons. The van der Waals surface area contributed by atoms with E-state index in [9.17, 15) is 9.59 Å². The van der Waals surface area contributed by atoms with Gasteiger partial charge in [0.1, 0.15) is 10.6 Å². The van der Waals surface area contributed by atoms with Crippen LogP contribution in [0.2, 0.25) is 0 Å². The van der Waals surface area contributed by atoms with Crippen LogP contribution < -0.4 is 15.5 Å². The summed E-state index contributed by atoms with van der Waals surface area (Å²) in [6.07, 6.45) is 9.15. The molecular weight excluding hydrogens is 528 g/mol. The molecule has 0 bridgehead atoms. The SMILES string of the molecule is Cc1ncc(NC(=O)CN2CCC[C@@H]2C)cc1NC(=O)c1cnn2cc(-c3ccnc(N4CCOCC4)c3)sc12. The number of rotatable bonds is 7. The lowest BCUT2D eigenvalue weighted by Gasteiger charge is -2.27. The lowest BCUT2D eigenvalue weighted by molar-refractivity contribution is -0.117. The van der Waals surface area contributed by atoms with Crippen LogP contribution in [-0.4, -0.2) is 81.7 Å². The van der Waals surface area contributed by atoms with Gasteiger partial charge in [0.25, 0.3) is 5.91 Å². The number of fused-ring (bicyclic) bond motifs is 1. The van der Waals surface area contributed by atoms with E-state index < -0.39 is 0 Å². The summed E-state index contributed by atoms with van der Waals surface area (Å²) in [6, 6.07) is 6.19. The maximum atomic E-state index is 13.3. The van der Waals surface area contributed by atoms with E-state index >= 15 is 0 Å². The molecule has 12 heteroatoms. The van der Waals surface area contributed by atoms with Crippen LogP contribution in [0.25, 0.3) is 15.3 Å². The summed E-state index contributed by atoms with van der Waals surface area (Å²) < 4.78 is 7.19. The zero-order valence-electron chi connectivity index (χ0n) is 22.6. The van der Waals surface area contributed by atoms with Crippen molar-refractivity contribution in [2.24, 2.45) is 0 Å². The molecule has 2 aliphatic heterocycles. The minimum atomic E-state index is -0.286. The molecule has 2 fully saturated rings. The third kappa shape index (κ3) is 5.55. The molecular formula is C28H32N8O3S. The van der Waals surface area contributed by atoms with E-state index in [4.69, 9.17) is 4.74 Å². The molecule has 2 amide bonds. The van der Waals surface area contributed by atoms with Gasteiger partial charge in [-0.05, 0) is 57.0 Å². The Morgan fingerprint density at radius 3 is 2.77 bits per heavy atom. The fraction of sp³-hybridized carbons (Fsp3) is 0.393. The van der Waals surface area contributed by atoms with Gasteiger partial charge in [-0.2, -0.15) is 5.10 Å². The quantitative estimate of drug-likeness (QED) is 0.352. The second kappa shape index (κ2) is 11.3. The van der Waals surface area contributed by atoms with Crippen molar-refractivity contribution in [3.8, 4) is 10.4 Å². The van der Waals surface area contributed by atoms with Gasteiger partial charge in [0.15, 0.2) is 0 Å². The average molecular weight is 561 g/mol. The molecule has 2 aliphatic rings. The first kappa shape index (κ1) is 26.4. The number of aryl methyl sites for hydroxylation is 1. The normalized spacial score (nSPS) is 17.9. The first-order valence-electron chi connectivity index (χ1n) is 13.5. The Morgan fingerprint density at radius 2 is 1.98 bits per heavy atom. The summed E-state index contributed by atoms with van der Waals surface area (Å²) in [4.78, 5) is 41.0. The van der Waals surface area contributed by atoms with Gasteiger partial charge in [-0.15, -0.1) is 11.3 Å². The molecule has 0 unspecified atom stereocenters. The number of pyridine rings is 2. The highest BCUT2D eigenvalue weighted by molar-refractivity contribution is 7.21. The molecule has 0 aliphatic carbocycles. The van der Waals surface area contributed by atoms with Crippen LogP contribution in [0.4, 0.5) is 17.2 Å². The van der Waals surface area contributed by atoms with Crippen LogP contribution >= 0.6 is 11.3 Å². The average Bonchev–Trinajstić information content (AvgIpc) is 3.67. The number of morpholine rings is 1. The lowest BCUT2D eigenvalue weighted by Crippen LogP contribution is -2.36. The fourth-order valence-electron chi connectivity index (χ4n) is 5.14. The van der Waals surface area contributed by atoms with Crippen molar-refractivity contribution in [2.75, 3.05) is 54.9 Å². The number of thiazole rings is 1. The first-order valence-corrected chi connectivity index (χ1v) is 14.3. The minimum Gasteiger partial charge on any atom is -0.378 e. The maximum absolute atomic E-state index is 13.3. The molecule has 0 radical (unpaired) electrons. The highest BCUT2D eigenvalue weighted by Gasteiger charge is 2.23. The van der Waals surface area contributed by atoms with Crippen LogP contribution in [0, 0.1) is 6.92 Å². The van der Waals surface area contributed by atoms with E-state index in [0.29, 0.717) is 48.4 Å². The van der Waals surface area contributed by atoms with Crippen molar-refractivity contribution in [1.82, 2.24) is 24.5 Å². The number of aromatic nitrogens is 4. The summed E-state index contributed by atoms with van der Waals surface area (Å²) in [6.45, 7) is 8.25. The van der Waals surface area contributed by atoms with E-state index in [1.807, 2.05) is 25.4 Å². The molecule has 2 saturated heterocycles. The fourth-order valence-corrected chi connectivity index (χ4v) is 6.20. The predicted molar refractivity (Wildman–Crippen MR) is 155 cm³/mol. The predicted octanol–water partition coefficient (Wildman–Crippen LogP) is 3.67. The standard InChI is InChI=1S/C28H32N8O3S/c1-18-4-3-7-35(18)17-26(37)32-21-13-23(19(2)30-14-21)33-27(38)22-15-31-36-16-24(40-28(22)36)20-5-6-29-25(12-20)34-8-10-39-11-9-34/h5-6,12-16,18H,3-4,7-11,17H2,1-2H3,(H,32,37)(H,33,38)/t18-/m0/s1. The number of nitrogens with zero attached hydrogens (tertiary/aromatic N) is 6. The van der Waals surface area contributed by atoms with Crippen LogP contribution in [0.5, 0.6) is 0 Å². The second-order valence-electron chi connectivity index (χ2n) is 10.2. The van der Waals surface area contributed by atoms with Crippen molar-refractivity contribution in [1.29, 1.82) is 0 Å². The van der Waals surface area contributed by atoms with Crippen molar-refractivity contribution in [2.45, 2.75) is 32.7 Å². The molecule has 2 N–H and O–H groups in total. The number of anilines is 3. The highest BCUT2D eigenvalue weighted by Crippen LogP contribution is 2.32. The smallest absolute Gasteiger partial charge is 0.260 e. The molecule has 0 aromatic carbocycles. The maximum Gasteiger partial charge on any atom is 0.260 e. The summed E-state index contributed by atoms with van der Waals surface area (Å²) in [5, 5.41) is 10.3. The minimum absolute atomic E-state index is 0.0889. The Morgan fingerprint density at radius 1 is 1.12 bits per heavy atom. The number of nitrogens with one attached hydrogen (secondary N) is 2. The molecule has 1 atom stereocenters. The van der Waals surface area contributed by atoms with E-state index in [2.05, 4.69) is 48.5 Å². The van der Waals surface area contributed by atoms with Gasteiger partial charge < -0.3 is 20.3 Å². The Kier molecular flexibility index (Phi) is 7.46. The number of hydrogen-bond acceptors (Lipinski definition) is 9. The van der Waals surface area contributed by atoms with Crippen molar-refractivity contribution in [3.63, 3.8) is 0 Å². The summed E-state index contributed by atoms with van der Waals surface area (Å²) in [5.41, 5.74) is 3.23. The first-order chi connectivity index (χ1) is 19.4. The Hall–Kier alpha value is -3.87. The van der Waals surface area contributed by atoms with Crippen LogP contribution in [-0.2, 0) is 9.53 Å². The van der Waals surface area contributed by atoms with Gasteiger partial charge in [-0.25, -0.2) is 9.50 Å². The molecule has 6 heterocycles. The number of carbonyl (C=O) groups is 2. The molecule has 40 heavy (non-hydrogen) atoms. The Bertz CT molecular complexity index is 1540. The van der Waals surface area contributed by atoms with Crippen LogP contribution in [0.15, 0.2) is 43.0 Å². The topological polar surface area (TPSA) is 117 Å².